The van der Waals surface area contributed by atoms with E-state index in [1.54, 1.807) is 13.8 Å². The standard InChI is InChI=1S/C11H17N3O3/c1-4-7-12-9(5-2)11(16)13-8-10(15)14-17-6-3/h4-5,7H,1,6,8H2,2-3H3,(H,13,16)(H,14,15)/b9-5-,12-7?. The van der Waals surface area contributed by atoms with Crippen LogP contribution in [0.4, 0.5) is 0 Å². The van der Waals surface area contributed by atoms with Gasteiger partial charge in [-0.15, -0.1) is 0 Å². The summed E-state index contributed by atoms with van der Waals surface area (Å²) >= 11 is 0. The van der Waals surface area contributed by atoms with Crippen molar-refractivity contribution in [2.45, 2.75) is 13.8 Å². The zero-order valence-electron chi connectivity index (χ0n) is 10.0. The van der Waals surface area contributed by atoms with Gasteiger partial charge in [0.05, 0.1) is 13.2 Å². The van der Waals surface area contributed by atoms with Crippen LogP contribution in [0.1, 0.15) is 13.8 Å². The SMILES string of the molecule is C=CC=N/C(=C\C)C(=O)NCC(=O)NOCC. The lowest BCUT2D eigenvalue weighted by Gasteiger charge is -2.05. The number of allylic oxidation sites excluding steroid dienone is 2. The molecule has 2 N–H and O–H groups in total. The summed E-state index contributed by atoms with van der Waals surface area (Å²) in [6.45, 7) is 7.06. The van der Waals surface area contributed by atoms with Crippen LogP contribution in [-0.2, 0) is 14.4 Å². The van der Waals surface area contributed by atoms with E-state index < -0.39 is 11.8 Å². The number of hydrogen-bond donors (Lipinski definition) is 2. The monoisotopic (exact) mass is 239 g/mol. The zero-order chi connectivity index (χ0) is 13.1. The molecule has 0 radical (unpaired) electrons. The molecule has 17 heavy (non-hydrogen) atoms. The van der Waals surface area contributed by atoms with Gasteiger partial charge >= 0.3 is 0 Å². The summed E-state index contributed by atoms with van der Waals surface area (Å²) in [5.74, 6) is -0.861. The second-order valence-electron chi connectivity index (χ2n) is 2.83. The molecule has 0 rings (SSSR count). The van der Waals surface area contributed by atoms with Crippen LogP contribution in [0.5, 0.6) is 0 Å². The molecule has 0 aromatic rings. The van der Waals surface area contributed by atoms with E-state index in [0.717, 1.165) is 0 Å². The van der Waals surface area contributed by atoms with E-state index in [0.29, 0.717) is 6.61 Å². The maximum Gasteiger partial charge on any atom is 0.269 e. The van der Waals surface area contributed by atoms with Crippen molar-refractivity contribution < 1.29 is 14.4 Å². The van der Waals surface area contributed by atoms with Crippen molar-refractivity contribution in [3.8, 4) is 0 Å². The minimum Gasteiger partial charge on any atom is -0.342 e. The van der Waals surface area contributed by atoms with Crippen LogP contribution < -0.4 is 10.8 Å². The van der Waals surface area contributed by atoms with Crippen molar-refractivity contribution in [3.05, 3.63) is 24.4 Å². The Morgan fingerprint density at radius 3 is 2.71 bits per heavy atom. The lowest BCUT2D eigenvalue weighted by Crippen LogP contribution is -2.37. The first-order valence-corrected chi connectivity index (χ1v) is 5.15. The quantitative estimate of drug-likeness (QED) is 0.382. The highest BCUT2D eigenvalue weighted by molar-refractivity contribution is 5.96. The summed E-state index contributed by atoms with van der Waals surface area (Å²) in [7, 11) is 0. The van der Waals surface area contributed by atoms with E-state index in [1.165, 1.54) is 18.4 Å². The van der Waals surface area contributed by atoms with Crippen molar-refractivity contribution in [2.24, 2.45) is 4.99 Å². The molecule has 0 bridgehead atoms. The number of hydrogen-bond acceptors (Lipinski definition) is 4. The summed E-state index contributed by atoms with van der Waals surface area (Å²) in [6, 6.07) is 0. The first-order chi connectivity index (χ1) is 8.15. The van der Waals surface area contributed by atoms with Crippen LogP contribution in [0.25, 0.3) is 0 Å². The molecule has 0 aliphatic heterocycles. The van der Waals surface area contributed by atoms with Crippen molar-refractivity contribution in [1.29, 1.82) is 0 Å². The third kappa shape index (κ3) is 7.02. The molecule has 94 valence electrons. The molecule has 0 aliphatic rings. The van der Waals surface area contributed by atoms with Gasteiger partial charge in [-0.2, -0.15) is 0 Å². The largest absolute Gasteiger partial charge is 0.342 e. The summed E-state index contributed by atoms with van der Waals surface area (Å²) in [6.07, 6.45) is 4.39. The highest BCUT2D eigenvalue weighted by Gasteiger charge is 2.08. The normalized spacial score (nSPS) is 11.3. The van der Waals surface area contributed by atoms with Crippen LogP contribution in [0.15, 0.2) is 29.4 Å². The Hall–Kier alpha value is -1.95. The van der Waals surface area contributed by atoms with Gasteiger partial charge < -0.3 is 5.32 Å². The highest BCUT2D eigenvalue weighted by Crippen LogP contribution is 1.95. The lowest BCUT2D eigenvalue weighted by atomic mass is 10.4. The molecule has 0 atom stereocenters. The number of rotatable bonds is 7. The van der Waals surface area contributed by atoms with E-state index in [9.17, 15) is 9.59 Å². The van der Waals surface area contributed by atoms with Gasteiger partial charge in [-0.1, -0.05) is 18.7 Å². The number of hydroxylamine groups is 1. The van der Waals surface area contributed by atoms with E-state index in [2.05, 4.69) is 27.2 Å². The van der Waals surface area contributed by atoms with Gasteiger partial charge in [0, 0.05) is 6.21 Å². The third-order valence-corrected chi connectivity index (χ3v) is 1.56. The highest BCUT2D eigenvalue weighted by atomic mass is 16.6. The molecule has 0 spiro atoms. The molecular formula is C11H17N3O3. The summed E-state index contributed by atoms with van der Waals surface area (Å²) < 4.78 is 0. The minimum atomic E-state index is -0.433. The van der Waals surface area contributed by atoms with Crippen LogP contribution in [0.3, 0.4) is 0 Å². The number of nitrogens with one attached hydrogen (secondary N) is 2. The minimum absolute atomic E-state index is 0.167. The Morgan fingerprint density at radius 2 is 2.18 bits per heavy atom. The molecule has 0 aromatic heterocycles. The van der Waals surface area contributed by atoms with Gasteiger partial charge in [-0.05, 0) is 13.8 Å². The maximum absolute atomic E-state index is 11.5. The molecule has 0 fully saturated rings. The van der Waals surface area contributed by atoms with Crippen molar-refractivity contribution in [1.82, 2.24) is 10.8 Å². The molecule has 0 unspecified atom stereocenters. The number of carbonyl (C=O) groups is 2. The van der Waals surface area contributed by atoms with E-state index >= 15 is 0 Å². The fraction of sp³-hybridized carbons (Fsp3) is 0.364. The predicted octanol–water partition coefficient (Wildman–Crippen LogP) is 0.331. The van der Waals surface area contributed by atoms with Crippen LogP contribution >= 0.6 is 0 Å². The van der Waals surface area contributed by atoms with Crippen molar-refractivity contribution in [3.63, 3.8) is 0 Å². The summed E-state index contributed by atoms with van der Waals surface area (Å²) in [5.41, 5.74) is 2.38. The first-order valence-electron chi connectivity index (χ1n) is 5.15. The average molecular weight is 239 g/mol. The molecular weight excluding hydrogens is 222 g/mol. The molecule has 2 amide bonds. The smallest absolute Gasteiger partial charge is 0.269 e. The number of amides is 2. The summed E-state index contributed by atoms with van der Waals surface area (Å²) in [5, 5.41) is 2.40. The van der Waals surface area contributed by atoms with Gasteiger partial charge in [-0.3, -0.25) is 19.4 Å². The number of carbonyl (C=O) groups excluding carboxylic acids is 2. The topological polar surface area (TPSA) is 79.8 Å². The van der Waals surface area contributed by atoms with E-state index in [1.807, 2.05) is 0 Å². The van der Waals surface area contributed by atoms with E-state index in [-0.39, 0.29) is 12.2 Å². The van der Waals surface area contributed by atoms with Crippen molar-refractivity contribution >= 4 is 18.0 Å². The van der Waals surface area contributed by atoms with Gasteiger partial charge in [0.15, 0.2) is 0 Å². The van der Waals surface area contributed by atoms with Crippen LogP contribution in [-0.4, -0.2) is 31.2 Å². The first kappa shape index (κ1) is 15.0. The Kier molecular flexibility index (Phi) is 8.22. The maximum atomic E-state index is 11.5. The Balaban J connectivity index is 4.12. The van der Waals surface area contributed by atoms with Gasteiger partial charge in [0.2, 0.25) is 0 Å². The van der Waals surface area contributed by atoms with E-state index in [4.69, 9.17) is 0 Å². The fourth-order valence-corrected chi connectivity index (χ4v) is 0.837. The Bertz CT molecular complexity index is 335. The molecule has 6 nitrogen and oxygen atoms in total. The second-order valence-corrected chi connectivity index (χ2v) is 2.83. The van der Waals surface area contributed by atoms with Gasteiger partial charge in [0.1, 0.15) is 5.70 Å². The number of nitrogens with zero attached hydrogens (tertiary/aromatic N) is 1. The zero-order valence-corrected chi connectivity index (χ0v) is 10.0. The molecule has 0 aromatic carbocycles. The molecule has 0 heterocycles. The Morgan fingerprint density at radius 1 is 1.47 bits per heavy atom. The molecule has 0 saturated carbocycles. The third-order valence-electron chi connectivity index (χ3n) is 1.56. The van der Waals surface area contributed by atoms with Crippen LogP contribution in [0, 0.1) is 0 Å². The lowest BCUT2D eigenvalue weighted by molar-refractivity contribution is -0.133. The average Bonchev–Trinajstić information content (AvgIpc) is 2.34. The number of aliphatic imine (C=N–C) groups is 1. The molecule has 6 heteroatoms. The molecule has 0 saturated heterocycles. The second kappa shape index (κ2) is 9.29. The van der Waals surface area contributed by atoms with Crippen LogP contribution in [0.2, 0.25) is 0 Å². The Labute approximate surface area is 100 Å². The van der Waals surface area contributed by atoms with Crippen molar-refractivity contribution in [2.75, 3.05) is 13.2 Å². The molecule has 0 aliphatic carbocycles. The predicted molar refractivity (Wildman–Crippen MR) is 65.2 cm³/mol. The fourth-order valence-electron chi connectivity index (χ4n) is 0.837. The van der Waals surface area contributed by atoms with Gasteiger partial charge in [0.25, 0.3) is 11.8 Å². The summed E-state index contributed by atoms with van der Waals surface area (Å²) in [4.78, 5) is 31.1. The van der Waals surface area contributed by atoms with Gasteiger partial charge in [-0.25, -0.2) is 5.48 Å².